The van der Waals surface area contributed by atoms with Gasteiger partial charge in [-0.25, -0.2) is 19.6 Å². The van der Waals surface area contributed by atoms with E-state index in [0.717, 1.165) is 54.4 Å². The van der Waals surface area contributed by atoms with Gasteiger partial charge in [0, 0.05) is 43.7 Å². The molecule has 0 radical (unpaired) electrons. The van der Waals surface area contributed by atoms with E-state index in [1.807, 2.05) is 59.0 Å². The lowest BCUT2D eigenvalue weighted by molar-refractivity contribution is -0.0269. The second kappa shape index (κ2) is 8.18. The molecular weight excluding hydrogens is 442 g/mol. The van der Waals surface area contributed by atoms with Crippen LogP contribution in [0.25, 0.3) is 22.3 Å². The van der Waals surface area contributed by atoms with E-state index in [2.05, 4.69) is 21.8 Å². The lowest BCUT2D eigenvalue weighted by Crippen LogP contribution is -2.31. The fraction of sp³-hybridized carbons (Fsp3) is 0.385. The standard InChI is InChI=1S/C26H25N7O2/c1-31-12-22(17-5-3-2-4-6-17)28-24(31)8-7-23-29-25(32-10-18-13-34-14-19(18)11-32)21-9-27-33(26(21)30-23)20-15-35-16-20/h2-6,9,12,18-20H,10-11,13-16H2,1H3/t18-,19+. The molecule has 3 fully saturated rings. The van der Waals surface area contributed by atoms with Crippen molar-refractivity contribution in [3.05, 3.63) is 54.4 Å². The molecule has 3 aromatic heterocycles. The van der Waals surface area contributed by atoms with E-state index in [1.165, 1.54) is 0 Å². The molecule has 176 valence electrons. The first-order valence-corrected chi connectivity index (χ1v) is 12.0. The molecule has 0 spiro atoms. The molecule has 2 atom stereocenters. The van der Waals surface area contributed by atoms with Crippen molar-refractivity contribution >= 4 is 16.9 Å². The Morgan fingerprint density at radius 1 is 0.914 bits per heavy atom. The number of ether oxygens (including phenoxy) is 2. The van der Waals surface area contributed by atoms with Gasteiger partial charge in [-0.2, -0.15) is 5.10 Å². The summed E-state index contributed by atoms with van der Waals surface area (Å²) in [7, 11) is 1.95. The van der Waals surface area contributed by atoms with Gasteiger partial charge in [-0.05, 0) is 11.8 Å². The highest BCUT2D eigenvalue weighted by Gasteiger charge is 2.38. The zero-order valence-electron chi connectivity index (χ0n) is 19.5. The van der Waals surface area contributed by atoms with Gasteiger partial charge in [0.1, 0.15) is 11.9 Å². The highest BCUT2D eigenvalue weighted by molar-refractivity contribution is 5.87. The summed E-state index contributed by atoms with van der Waals surface area (Å²) in [5, 5.41) is 5.61. The summed E-state index contributed by atoms with van der Waals surface area (Å²) < 4.78 is 15.0. The van der Waals surface area contributed by atoms with Crippen molar-refractivity contribution in [2.45, 2.75) is 6.04 Å². The summed E-state index contributed by atoms with van der Waals surface area (Å²) in [6.07, 6.45) is 3.88. The Hall–Kier alpha value is -3.74. The smallest absolute Gasteiger partial charge is 0.209 e. The molecule has 0 saturated carbocycles. The van der Waals surface area contributed by atoms with Crippen LogP contribution < -0.4 is 4.90 Å². The highest BCUT2D eigenvalue weighted by Crippen LogP contribution is 2.35. The van der Waals surface area contributed by atoms with E-state index in [0.29, 0.717) is 36.7 Å². The molecule has 0 bridgehead atoms. The second-order valence-electron chi connectivity index (χ2n) is 9.53. The Labute approximate surface area is 202 Å². The van der Waals surface area contributed by atoms with Crippen LogP contribution in [0.5, 0.6) is 0 Å². The SMILES string of the molecule is Cn1cc(-c2ccccc2)nc1C#Cc1nc(N2C[C@H]3COC[C@H]3C2)c2cnn(C3COC3)c2n1. The molecular formula is C26H25N7O2. The third-order valence-corrected chi connectivity index (χ3v) is 7.17. The average molecular weight is 468 g/mol. The van der Waals surface area contributed by atoms with E-state index in [1.54, 1.807) is 0 Å². The number of nitrogens with zero attached hydrogens (tertiary/aromatic N) is 7. The maximum absolute atomic E-state index is 5.68. The first kappa shape index (κ1) is 20.6. The fourth-order valence-electron chi connectivity index (χ4n) is 5.14. The van der Waals surface area contributed by atoms with Gasteiger partial charge in [0.25, 0.3) is 0 Å². The number of hydrogen-bond donors (Lipinski definition) is 0. The topological polar surface area (TPSA) is 83.1 Å². The van der Waals surface area contributed by atoms with Crippen LogP contribution in [0.2, 0.25) is 0 Å². The van der Waals surface area contributed by atoms with Crippen LogP contribution in [-0.4, -0.2) is 68.8 Å². The Morgan fingerprint density at radius 2 is 1.69 bits per heavy atom. The molecule has 0 N–H and O–H groups in total. The van der Waals surface area contributed by atoms with E-state index in [4.69, 9.17) is 24.4 Å². The quantitative estimate of drug-likeness (QED) is 0.428. The van der Waals surface area contributed by atoms with Crippen molar-refractivity contribution in [2.75, 3.05) is 44.4 Å². The molecule has 9 heteroatoms. The number of fused-ring (bicyclic) bond motifs is 2. The third-order valence-electron chi connectivity index (χ3n) is 7.17. The monoisotopic (exact) mass is 467 g/mol. The molecule has 35 heavy (non-hydrogen) atoms. The van der Waals surface area contributed by atoms with Gasteiger partial charge in [0.05, 0.1) is 43.7 Å². The number of rotatable bonds is 3. The number of aryl methyl sites for hydroxylation is 1. The molecule has 0 amide bonds. The number of benzene rings is 1. The maximum atomic E-state index is 5.68. The predicted octanol–water partition coefficient (Wildman–Crippen LogP) is 2.28. The van der Waals surface area contributed by atoms with Crippen molar-refractivity contribution in [3.63, 3.8) is 0 Å². The zero-order chi connectivity index (χ0) is 23.4. The minimum Gasteiger partial charge on any atom is -0.381 e. The van der Waals surface area contributed by atoms with Crippen molar-refractivity contribution in [3.8, 4) is 23.1 Å². The number of imidazole rings is 1. The number of anilines is 1. The summed E-state index contributed by atoms with van der Waals surface area (Å²) >= 11 is 0. The fourth-order valence-corrected chi connectivity index (χ4v) is 5.14. The normalized spacial score (nSPS) is 21.7. The Morgan fingerprint density at radius 3 is 2.43 bits per heavy atom. The van der Waals surface area contributed by atoms with Crippen LogP contribution in [0.1, 0.15) is 17.7 Å². The van der Waals surface area contributed by atoms with Crippen molar-refractivity contribution < 1.29 is 9.47 Å². The van der Waals surface area contributed by atoms with Crippen LogP contribution >= 0.6 is 0 Å². The van der Waals surface area contributed by atoms with Gasteiger partial charge in [-0.1, -0.05) is 30.3 Å². The van der Waals surface area contributed by atoms with Crippen LogP contribution in [0.15, 0.2) is 42.7 Å². The molecule has 3 aliphatic rings. The molecule has 3 aliphatic heterocycles. The van der Waals surface area contributed by atoms with Crippen molar-refractivity contribution in [1.29, 1.82) is 0 Å². The number of aromatic nitrogens is 6. The summed E-state index contributed by atoms with van der Waals surface area (Å²) in [6, 6.07) is 10.3. The largest absolute Gasteiger partial charge is 0.381 e. The number of hydrogen-bond acceptors (Lipinski definition) is 7. The lowest BCUT2D eigenvalue weighted by atomic mass is 10.0. The highest BCUT2D eigenvalue weighted by atomic mass is 16.5. The molecule has 0 unspecified atom stereocenters. The van der Waals surface area contributed by atoms with Crippen LogP contribution in [0, 0.1) is 23.7 Å². The van der Waals surface area contributed by atoms with Crippen LogP contribution in [-0.2, 0) is 16.5 Å². The van der Waals surface area contributed by atoms with E-state index < -0.39 is 0 Å². The summed E-state index contributed by atoms with van der Waals surface area (Å²) in [6.45, 7) is 4.81. The third kappa shape index (κ3) is 3.57. The second-order valence-corrected chi connectivity index (χ2v) is 9.53. The summed E-state index contributed by atoms with van der Waals surface area (Å²) in [5.41, 5.74) is 2.76. The van der Waals surface area contributed by atoms with E-state index >= 15 is 0 Å². The Balaban J connectivity index is 1.28. The van der Waals surface area contributed by atoms with Gasteiger partial charge in [-0.3, -0.25) is 0 Å². The molecule has 6 heterocycles. The minimum atomic E-state index is 0.199. The first-order valence-electron chi connectivity index (χ1n) is 12.0. The molecule has 9 nitrogen and oxygen atoms in total. The Bertz CT molecular complexity index is 1450. The lowest BCUT2D eigenvalue weighted by Gasteiger charge is -2.26. The zero-order valence-corrected chi connectivity index (χ0v) is 19.5. The van der Waals surface area contributed by atoms with E-state index in [-0.39, 0.29) is 6.04 Å². The van der Waals surface area contributed by atoms with E-state index in [9.17, 15) is 0 Å². The van der Waals surface area contributed by atoms with Gasteiger partial charge in [0.15, 0.2) is 11.5 Å². The average Bonchev–Trinajstić information content (AvgIpc) is 3.61. The summed E-state index contributed by atoms with van der Waals surface area (Å²) in [4.78, 5) is 16.8. The first-order chi connectivity index (χ1) is 17.2. The molecule has 3 saturated heterocycles. The van der Waals surface area contributed by atoms with Crippen molar-refractivity contribution in [1.82, 2.24) is 29.3 Å². The van der Waals surface area contributed by atoms with Crippen LogP contribution in [0.4, 0.5) is 5.82 Å². The van der Waals surface area contributed by atoms with Crippen molar-refractivity contribution in [2.24, 2.45) is 18.9 Å². The van der Waals surface area contributed by atoms with Gasteiger partial charge in [0.2, 0.25) is 5.82 Å². The van der Waals surface area contributed by atoms with Crippen LogP contribution in [0.3, 0.4) is 0 Å². The minimum absolute atomic E-state index is 0.199. The Kier molecular flexibility index (Phi) is 4.82. The predicted molar refractivity (Wildman–Crippen MR) is 130 cm³/mol. The molecule has 1 aromatic carbocycles. The van der Waals surface area contributed by atoms with Gasteiger partial charge in [-0.15, -0.1) is 0 Å². The van der Waals surface area contributed by atoms with Gasteiger partial charge >= 0.3 is 0 Å². The molecule has 7 rings (SSSR count). The maximum Gasteiger partial charge on any atom is 0.209 e. The van der Waals surface area contributed by atoms with Gasteiger partial charge < -0.3 is 18.9 Å². The summed E-state index contributed by atoms with van der Waals surface area (Å²) in [5.74, 6) is 9.54. The molecule has 0 aliphatic carbocycles. The molecule has 4 aromatic rings.